The number of aromatic nitrogens is 1. The van der Waals surface area contributed by atoms with E-state index in [4.69, 9.17) is 5.73 Å². The molecule has 98 valence electrons. The number of anilines is 2. The van der Waals surface area contributed by atoms with Gasteiger partial charge < -0.3 is 11.1 Å². The number of carbonyl (C=O) groups is 1. The van der Waals surface area contributed by atoms with Crippen molar-refractivity contribution in [3.8, 4) is 0 Å². The van der Waals surface area contributed by atoms with Crippen LogP contribution in [0.4, 0.5) is 20.2 Å². The smallest absolute Gasteiger partial charge is 0.257 e. The van der Waals surface area contributed by atoms with Gasteiger partial charge in [0.15, 0.2) is 0 Å². The van der Waals surface area contributed by atoms with Gasteiger partial charge >= 0.3 is 0 Å². The minimum Gasteiger partial charge on any atom is -0.396 e. The van der Waals surface area contributed by atoms with Crippen LogP contribution in [0.2, 0.25) is 0 Å². The molecule has 0 saturated heterocycles. The van der Waals surface area contributed by atoms with Crippen LogP contribution in [0.1, 0.15) is 10.4 Å². The molecule has 2 rings (SSSR count). The van der Waals surface area contributed by atoms with E-state index in [1.165, 1.54) is 18.5 Å². The van der Waals surface area contributed by atoms with E-state index in [-0.39, 0.29) is 16.9 Å². The van der Waals surface area contributed by atoms with Gasteiger partial charge in [0.25, 0.3) is 5.91 Å². The number of rotatable bonds is 2. The second kappa shape index (κ2) is 5.31. The van der Waals surface area contributed by atoms with Crippen molar-refractivity contribution in [1.82, 2.24) is 4.98 Å². The maximum absolute atomic E-state index is 13.5. The fourth-order valence-electron chi connectivity index (χ4n) is 1.39. The lowest BCUT2D eigenvalue weighted by atomic mass is 10.2. The Labute approximate surface area is 115 Å². The SMILES string of the molecule is Nc1cc(NC(=O)c2cncc(Br)c2)c(F)cc1F. The molecule has 3 N–H and O–H groups in total. The number of hydrogen-bond acceptors (Lipinski definition) is 3. The molecule has 0 aliphatic rings. The number of nitrogens with two attached hydrogens (primary N) is 1. The van der Waals surface area contributed by atoms with E-state index in [1.807, 2.05) is 0 Å². The molecule has 7 heteroatoms. The first-order chi connectivity index (χ1) is 8.97. The predicted molar refractivity (Wildman–Crippen MR) is 70.7 cm³/mol. The van der Waals surface area contributed by atoms with Crippen molar-refractivity contribution >= 4 is 33.2 Å². The number of nitrogens with one attached hydrogen (secondary N) is 1. The first kappa shape index (κ1) is 13.4. The normalized spacial score (nSPS) is 10.3. The summed E-state index contributed by atoms with van der Waals surface area (Å²) in [5, 5.41) is 2.30. The molecular formula is C12H8BrF2N3O. The molecule has 1 aromatic heterocycles. The van der Waals surface area contributed by atoms with Crippen LogP contribution in [0.3, 0.4) is 0 Å². The van der Waals surface area contributed by atoms with Crippen LogP contribution in [-0.4, -0.2) is 10.9 Å². The van der Waals surface area contributed by atoms with Crippen molar-refractivity contribution in [2.45, 2.75) is 0 Å². The van der Waals surface area contributed by atoms with Gasteiger partial charge in [-0.2, -0.15) is 0 Å². The fourth-order valence-corrected chi connectivity index (χ4v) is 1.76. The lowest BCUT2D eigenvalue weighted by molar-refractivity contribution is 0.102. The Balaban J connectivity index is 2.27. The van der Waals surface area contributed by atoms with E-state index in [0.29, 0.717) is 10.5 Å². The molecule has 0 radical (unpaired) electrons. The summed E-state index contributed by atoms with van der Waals surface area (Å²) >= 11 is 3.17. The monoisotopic (exact) mass is 327 g/mol. The van der Waals surface area contributed by atoms with Crippen molar-refractivity contribution in [1.29, 1.82) is 0 Å². The van der Waals surface area contributed by atoms with Crippen LogP contribution < -0.4 is 11.1 Å². The van der Waals surface area contributed by atoms with Gasteiger partial charge in [-0.05, 0) is 28.1 Å². The zero-order valence-corrected chi connectivity index (χ0v) is 11.0. The zero-order chi connectivity index (χ0) is 14.0. The summed E-state index contributed by atoms with van der Waals surface area (Å²) < 4.78 is 27.0. The minimum atomic E-state index is -0.900. The first-order valence-electron chi connectivity index (χ1n) is 5.14. The van der Waals surface area contributed by atoms with Gasteiger partial charge in [-0.1, -0.05) is 0 Å². The molecule has 0 spiro atoms. The number of benzene rings is 1. The van der Waals surface area contributed by atoms with E-state index in [9.17, 15) is 13.6 Å². The van der Waals surface area contributed by atoms with Crippen LogP contribution in [0.25, 0.3) is 0 Å². The fraction of sp³-hybridized carbons (Fsp3) is 0. The molecule has 0 bridgehead atoms. The molecule has 1 aromatic carbocycles. The average Bonchev–Trinajstić information content (AvgIpc) is 2.36. The highest BCUT2D eigenvalue weighted by molar-refractivity contribution is 9.10. The third kappa shape index (κ3) is 3.05. The lowest BCUT2D eigenvalue weighted by Gasteiger charge is -2.08. The largest absolute Gasteiger partial charge is 0.396 e. The van der Waals surface area contributed by atoms with Gasteiger partial charge in [0.05, 0.1) is 16.9 Å². The Bertz CT molecular complexity index is 649. The second-order valence-electron chi connectivity index (χ2n) is 3.70. The number of halogens is 3. The summed E-state index contributed by atoms with van der Waals surface area (Å²) in [4.78, 5) is 15.7. The van der Waals surface area contributed by atoms with Gasteiger partial charge in [0, 0.05) is 22.9 Å². The summed E-state index contributed by atoms with van der Waals surface area (Å²) in [5.41, 5.74) is 5.11. The molecule has 0 aliphatic carbocycles. The molecule has 0 atom stereocenters. The molecule has 1 heterocycles. The maximum Gasteiger partial charge on any atom is 0.257 e. The standard InChI is InChI=1S/C12H8BrF2N3O/c13-7-1-6(4-17-5-7)12(19)18-11-3-10(16)8(14)2-9(11)15/h1-5H,16H2,(H,18,19). The molecule has 2 aromatic rings. The highest BCUT2D eigenvalue weighted by Crippen LogP contribution is 2.21. The van der Waals surface area contributed by atoms with Gasteiger partial charge in [-0.25, -0.2) is 8.78 Å². The van der Waals surface area contributed by atoms with E-state index in [1.54, 1.807) is 0 Å². The third-order valence-corrected chi connectivity index (χ3v) is 2.74. The van der Waals surface area contributed by atoms with Crippen molar-refractivity contribution in [3.05, 3.63) is 52.3 Å². The summed E-state index contributed by atoms with van der Waals surface area (Å²) in [7, 11) is 0. The Morgan fingerprint density at radius 3 is 2.63 bits per heavy atom. The summed E-state index contributed by atoms with van der Waals surface area (Å²) in [5.74, 6) is -2.35. The van der Waals surface area contributed by atoms with Crippen molar-refractivity contribution in [2.75, 3.05) is 11.1 Å². The molecule has 0 aliphatic heterocycles. The third-order valence-electron chi connectivity index (χ3n) is 2.30. The molecule has 0 saturated carbocycles. The first-order valence-corrected chi connectivity index (χ1v) is 5.93. The topological polar surface area (TPSA) is 68.0 Å². The summed E-state index contributed by atoms with van der Waals surface area (Å²) in [6.45, 7) is 0. The Morgan fingerprint density at radius 2 is 1.95 bits per heavy atom. The van der Waals surface area contributed by atoms with Crippen LogP contribution in [0.5, 0.6) is 0 Å². The number of hydrogen-bond donors (Lipinski definition) is 2. The average molecular weight is 328 g/mol. The number of amides is 1. The quantitative estimate of drug-likeness (QED) is 0.833. The molecule has 0 unspecified atom stereocenters. The van der Waals surface area contributed by atoms with Crippen molar-refractivity contribution in [3.63, 3.8) is 0 Å². The van der Waals surface area contributed by atoms with Crippen LogP contribution >= 0.6 is 15.9 Å². The second-order valence-corrected chi connectivity index (χ2v) is 4.62. The van der Waals surface area contributed by atoms with E-state index < -0.39 is 17.5 Å². The highest BCUT2D eigenvalue weighted by Gasteiger charge is 2.12. The zero-order valence-electron chi connectivity index (χ0n) is 9.45. The highest BCUT2D eigenvalue weighted by atomic mass is 79.9. The predicted octanol–water partition coefficient (Wildman–Crippen LogP) is 2.96. The number of nitrogen functional groups attached to an aromatic ring is 1. The van der Waals surface area contributed by atoms with Gasteiger partial charge in [0.1, 0.15) is 11.6 Å². The van der Waals surface area contributed by atoms with Gasteiger partial charge in [-0.15, -0.1) is 0 Å². The number of pyridine rings is 1. The van der Waals surface area contributed by atoms with E-state index in [0.717, 1.165) is 6.07 Å². The van der Waals surface area contributed by atoms with Crippen molar-refractivity contribution < 1.29 is 13.6 Å². The summed E-state index contributed by atoms with van der Waals surface area (Å²) in [6.07, 6.45) is 2.83. The van der Waals surface area contributed by atoms with Gasteiger partial charge in [-0.3, -0.25) is 9.78 Å². The van der Waals surface area contributed by atoms with Crippen LogP contribution in [0.15, 0.2) is 35.1 Å². The van der Waals surface area contributed by atoms with E-state index >= 15 is 0 Å². The minimum absolute atomic E-state index is 0.191. The number of carbonyl (C=O) groups excluding carboxylic acids is 1. The Morgan fingerprint density at radius 1 is 1.21 bits per heavy atom. The molecular weight excluding hydrogens is 320 g/mol. The summed E-state index contributed by atoms with van der Waals surface area (Å²) in [6, 6.07) is 3.16. The lowest BCUT2D eigenvalue weighted by Crippen LogP contribution is -2.14. The van der Waals surface area contributed by atoms with Crippen molar-refractivity contribution in [2.24, 2.45) is 0 Å². The molecule has 4 nitrogen and oxygen atoms in total. The molecule has 1 amide bonds. The van der Waals surface area contributed by atoms with Crippen LogP contribution in [-0.2, 0) is 0 Å². The molecule has 0 fully saturated rings. The number of nitrogens with zero attached hydrogens (tertiary/aromatic N) is 1. The van der Waals surface area contributed by atoms with Gasteiger partial charge in [0.2, 0.25) is 0 Å². The van der Waals surface area contributed by atoms with E-state index in [2.05, 4.69) is 26.2 Å². The Kier molecular flexibility index (Phi) is 3.75. The van der Waals surface area contributed by atoms with Crippen LogP contribution in [0, 0.1) is 11.6 Å². The molecule has 19 heavy (non-hydrogen) atoms. The maximum atomic E-state index is 13.5. The Hall–Kier alpha value is -2.02.